The van der Waals surface area contributed by atoms with Gasteiger partial charge in [0.25, 0.3) is 0 Å². The van der Waals surface area contributed by atoms with Crippen molar-refractivity contribution < 1.29 is 13.5 Å². The number of aliphatic hydroxyl groups excluding tert-OH is 1. The summed E-state index contributed by atoms with van der Waals surface area (Å²) in [6, 6.07) is 3.40. The standard InChI is InChI=1S/C13H19ClN2O3S/c1-20(18,19)16-7-3-4-10(9-16)8-12(17)13-11(14)5-2-6-15-13/h2,5-6,10,12,17H,3-4,7-9H2,1H3. The van der Waals surface area contributed by atoms with Gasteiger partial charge in [-0.05, 0) is 37.3 Å². The van der Waals surface area contributed by atoms with E-state index in [0.717, 1.165) is 12.8 Å². The highest BCUT2D eigenvalue weighted by Crippen LogP contribution is 2.30. The van der Waals surface area contributed by atoms with E-state index in [9.17, 15) is 13.5 Å². The van der Waals surface area contributed by atoms with Crippen molar-refractivity contribution in [2.24, 2.45) is 5.92 Å². The van der Waals surface area contributed by atoms with Crippen molar-refractivity contribution >= 4 is 21.6 Å². The number of aromatic nitrogens is 1. The minimum atomic E-state index is -3.16. The molecule has 0 radical (unpaired) electrons. The third kappa shape index (κ3) is 3.91. The molecule has 0 amide bonds. The lowest BCUT2D eigenvalue weighted by atomic mass is 9.92. The summed E-state index contributed by atoms with van der Waals surface area (Å²) in [5.74, 6) is 0.131. The number of nitrogens with zero attached hydrogens (tertiary/aromatic N) is 2. The Morgan fingerprint density at radius 2 is 2.35 bits per heavy atom. The summed E-state index contributed by atoms with van der Waals surface area (Å²) < 4.78 is 24.6. The van der Waals surface area contributed by atoms with Crippen molar-refractivity contribution in [2.75, 3.05) is 19.3 Å². The van der Waals surface area contributed by atoms with Crippen LogP contribution in [0, 0.1) is 5.92 Å². The zero-order valence-electron chi connectivity index (χ0n) is 11.4. The van der Waals surface area contributed by atoms with Gasteiger partial charge in [-0.2, -0.15) is 0 Å². The first-order chi connectivity index (χ1) is 9.38. The van der Waals surface area contributed by atoms with Crippen LogP contribution in [0.4, 0.5) is 0 Å². The van der Waals surface area contributed by atoms with E-state index in [0.29, 0.717) is 30.2 Å². The average Bonchev–Trinajstić information content (AvgIpc) is 2.38. The van der Waals surface area contributed by atoms with E-state index < -0.39 is 16.1 Å². The third-order valence-corrected chi connectivity index (χ3v) is 5.20. The molecule has 1 aromatic heterocycles. The van der Waals surface area contributed by atoms with Crippen LogP contribution in [0.15, 0.2) is 18.3 Å². The molecule has 2 heterocycles. The highest BCUT2D eigenvalue weighted by Gasteiger charge is 2.28. The topological polar surface area (TPSA) is 70.5 Å². The van der Waals surface area contributed by atoms with Gasteiger partial charge < -0.3 is 5.11 Å². The molecule has 112 valence electrons. The predicted molar refractivity (Wildman–Crippen MR) is 78.0 cm³/mol. The van der Waals surface area contributed by atoms with Gasteiger partial charge in [-0.15, -0.1) is 0 Å². The van der Waals surface area contributed by atoms with Gasteiger partial charge in [0, 0.05) is 19.3 Å². The molecule has 2 rings (SSSR count). The van der Waals surface area contributed by atoms with E-state index in [4.69, 9.17) is 11.6 Å². The van der Waals surface area contributed by atoms with Crippen molar-refractivity contribution in [3.63, 3.8) is 0 Å². The first-order valence-electron chi connectivity index (χ1n) is 6.61. The molecular weight excluding hydrogens is 300 g/mol. The number of sulfonamides is 1. The number of piperidine rings is 1. The lowest BCUT2D eigenvalue weighted by molar-refractivity contribution is 0.119. The summed E-state index contributed by atoms with van der Waals surface area (Å²) in [5.41, 5.74) is 0.464. The Kier molecular flexibility index (Phi) is 5.01. The molecule has 2 atom stereocenters. The van der Waals surface area contributed by atoms with Crippen molar-refractivity contribution in [1.29, 1.82) is 0 Å². The molecule has 0 spiro atoms. The second kappa shape index (κ2) is 6.39. The smallest absolute Gasteiger partial charge is 0.211 e. The maximum absolute atomic E-state index is 11.6. The Balaban J connectivity index is 2.01. The zero-order chi connectivity index (χ0) is 14.8. The fraction of sp³-hybridized carbons (Fsp3) is 0.615. The molecule has 20 heavy (non-hydrogen) atoms. The maximum atomic E-state index is 11.6. The van der Waals surface area contributed by atoms with Gasteiger partial charge in [-0.3, -0.25) is 4.98 Å². The second-order valence-corrected chi connectivity index (χ2v) is 7.64. The lowest BCUT2D eigenvalue weighted by Crippen LogP contribution is -2.39. The molecule has 1 aliphatic rings. The quantitative estimate of drug-likeness (QED) is 0.919. The number of hydrogen-bond acceptors (Lipinski definition) is 4. The highest BCUT2D eigenvalue weighted by molar-refractivity contribution is 7.88. The normalized spacial score (nSPS) is 22.6. The molecule has 0 aromatic carbocycles. The Hall–Kier alpha value is -0.690. The summed E-state index contributed by atoms with van der Waals surface area (Å²) in [6.07, 6.45) is 4.26. The Morgan fingerprint density at radius 1 is 1.60 bits per heavy atom. The van der Waals surface area contributed by atoms with Crippen LogP contribution in [-0.2, 0) is 10.0 Å². The van der Waals surface area contributed by atoms with Crippen LogP contribution in [0.5, 0.6) is 0 Å². The maximum Gasteiger partial charge on any atom is 0.211 e. The van der Waals surface area contributed by atoms with Crippen molar-refractivity contribution in [1.82, 2.24) is 9.29 Å². The van der Waals surface area contributed by atoms with Crippen molar-refractivity contribution in [2.45, 2.75) is 25.4 Å². The molecule has 7 heteroatoms. The van der Waals surface area contributed by atoms with Gasteiger partial charge >= 0.3 is 0 Å². The summed E-state index contributed by atoms with van der Waals surface area (Å²) >= 11 is 6.01. The fourth-order valence-electron chi connectivity index (χ4n) is 2.59. The van der Waals surface area contributed by atoms with E-state index in [2.05, 4.69) is 4.98 Å². The van der Waals surface area contributed by atoms with Crippen molar-refractivity contribution in [3.05, 3.63) is 29.0 Å². The number of pyridine rings is 1. The SMILES string of the molecule is CS(=O)(=O)N1CCCC(CC(O)c2ncccc2Cl)C1. The number of halogens is 1. The van der Waals surface area contributed by atoms with Gasteiger partial charge in [-0.1, -0.05) is 11.6 Å². The highest BCUT2D eigenvalue weighted by atomic mass is 35.5. The average molecular weight is 319 g/mol. The monoisotopic (exact) mass is 318 g/mol. The van der Waals surface area contributed by atoms with E-state index >= 15 is 0 Å². The largest absolute Gasteiger partial charge is 0.387 e. The summed E-state index contributed by atoms with van der Waals surface area (Å²) in [7, 11) is -3.16. The fourth-order valence-corrected chi connectivity index (χ4v) is 3.78. The first kappa shape index (κ1) is 15.7. The summed E-state index contributed by atoms with van der Waals surface area (Å²) in [4.78, 5) is 4.10. The Morgan fingerprint density at radius 3 is 3.00 bits per heavy atom. The van der Waals surface area contributed by atoms with Crippen LogP contribution in [0.3, 0.4) is 0 Å². The third-order valence-electron chi connectivity index (χ3n) is 3.61. The van der Waals surface area contributed by atoms with Gasteiger partial charge in [0.1, 0.15) is 0 Å². The molecule has 1 fully saturated rings. The molecule has 0 bridgehead atoms. The van der Waals surface area contributed by atoms with Gasteiger partial charge in [0.15, 0.2) is 0 Å². The predicted octanol–water partition coefficient (Wildman–Crippen LogP) is 1.83. The van der Waals surface area contributed by atoms with Gasteiger partial charge in [0.2, 0.25) is 10.0 Å². The molecule has 1 aromatic rings. The van der Waals surface area contributed by atoms with E-state index in [1.165, 1.54) is 10.6 Å². The molecule has 0 aliphatic carbocycles. The molecule has 0 saturated carbocycles. The molecular formula is C13H19ClN2O3S. The number of rotatable bonds is 4. The number of aliphatic hydroxyl groups is 1. The first-order valence-corrected chi connectivity index (χ1v) is 8.84. The number of hydrogen-bond donors (Lipinski definition) is 1. The minimum absolute atomic E-state index is 0.131. The Labute approximate surface area is 124 Å². The van der Waals surface area contributed by atoms with Crippen LogP contribution in [0.2, 0.25) is 5.02 Å². The van der Waals surface area contributed by atoms with Crippen LogP contribution in [0.25, 0.3) is 0 Å². The van der Waals surface area contributed by atoms with E-state index in [1.807, 2.05) is 0 Å². The minimum Gasteiger partial charge on any atom is -0.387 e. The van der Waals surface area contributed by atoms with Crippen LogP contribution in [0.1, 0.15) is 31.1 Å². The lowest BCUT2D eigenvalue weighted by Gasteiger charge is -2.31. The zero-order valence-corrected chi connectivity index (χ0v) is 12.9. The Bertz CT molecular complexity index is 564. The molecule has 5 nitrogen and oxygen atoms in total. The molecule has 2 unspecified atom stereocenters. The summed E-state index contributed by atoms with van der Waals surface area (Å²) in [6.45, 7) is 1.02. The summed E-state index contributed by atoms with van der Waals surface area (Å²) in [5, 5.41) is 10.7. The second-order valence-electron chi connectivity index (χ2n) is 5.25. The van der Waals surface area contributed by atoms with Crippen LogP contribution < -0.4 is 0 Å². The molecule has 1 aliphatic heterocycles. The molecule has 1 saturated heterocycles. The van der Waals surface area contributed by atoms with Crippen molar-refractivity contribution in [3.8, 4) is 0 Å². The van der Waals surface area contributed by atoms with Gasteiger partial charge in [-0.25, -0.2) is 12.7 Å². The van der Waals surface area contributed by atoms with Crippen LogP contribution in [-0.4, -0.2) is 42.2 Å². The van der Waals surface area contributed by atoms with Gasteiger partial charge in [0.05, 0.1) is 23.1 Å². The molecule has 1 N–H and O–H groups in total. The van der Waals surface area contributed by atoms with E-state index in [1.54, 1.807) is 18.3 Å². The van der Waals surface area contributed by atoms with E-state index in [-0.39, 0.29) is 5.92 Å². The van der Waals surface area contributed by atoms with Crippen LogP contribution >= 0.6 is 11.6 Å².